The summed E-state index contributed by atoms with van der Waals surface area (Å²) >= 11 is 0. The number of halogens is 1. The average molecular weight is 408 g/mol. The van der Waals surface area contributed by atoms with Crippen molar-refractivity contribution in [3.8, 4) is 0 Å². The van der Waals surface area contributed by atoms with Crippen LogP contribution < -0.4 is 12.4 Å². The lowest BCUT2D eigenvalue weighted by Gasteiger charge is -2.41. The van der Waals surface area contributed by atoms with Gasteiger partial charge in [-0.05, 0) is 30.9 Å². The lowest BCUT2D eigenvalue weighted by atomic mass is 9.93. The Morgan fingerprint density at radius 1 is 0.857 bits per heavy atom. The van der Waals surface area contributed by atoms with Gasteiger partial charge in [0, 0.05) is 11.8 Å². The molecule has 1 rings (SSSR count). The Balaban J connectivity index is 0.00000729. The summed E-state index contributed by atoms with van der Waals surface area (Å²) in [5, 5.41) is 0. The number of rotatable bonds is 14. The van der Waals surface area contributed by atoms with Crippen LogP contribution in [-0.2, 0) is 6.42 Å². The first-order valence-corrected chi connectivity index (χ1v) is 11.2. The van der Waals surface area contributed by atoms with Crippen LogP contribution in [0.2, 0.25) is 0 Å². The van der Waals surface area contributed by atoms with E-state index in [4.69, 9.17) is 0 Å². The van der Waals surface area contributed by atoms with Gasteiger partial charge in [0.15, 0.2) is 0 Å². The molecular weight excluding hydrogens is 362 g/mol. The molecule has 162 valence electrons. The maximum atomic E-state index is 4.12. The summed E-state index contributed by atoms with van der Waals surface area (Å²) in [7, 11) is 4.74. The minimum atomic E-state index is 0. The van der Waals surface area contributed by atoms with Crippen LogP contribution in [0.3, 0.4) is 0 Å². The Bertz CT molecular complexity index is 501. The molecule has 0 aromatic heterocycles. The highest BCUT2D eigenvalue weighted by Gasteiger charge is 2.30. The molecule has 0 bridgehead atoms. The van der Waals surface area contributed by atoms with Gasteiger partial charge >= 0.3 is 0 Å². The van der Waals surface area contributed by atoms with Crippen molar-refractivity contribution in [3.63, 3.8) is 0 Å². The maximum Gasteiger partial charge on any atom is 0.107 e. The fraction of sp³-hybridized carbons (Fsp3) is 0.692. The first kappa shape index (κ1) is 27.2. The number of nitrogens with zero attached hydrogens (tertiary/aromatic N) is 1. The first-order valence-electron chi connectivity index (χ1n) is 11.2. The van der Waals surface area contributed by atoms with Gasteiger partial charge in [-0.15, -0.1) is 0 Å². The zero-order valence-electron chi connectivity index (χ0n) is 19.4. The van der Waals surface area contributed by atoms with Crippen molar-refractivity contribution in [1.29, 1.82) is 0 Å². The lowest BCUT2D eigenvalue weighted by Crippen LogP contribution is -3.00. The quantitative estimate of drug-likeness (QED) is 0.243. The number of likely N-dealkylation sites (N-methyl/N-ethyl adjacent to an activating group) is 1. The molecule has 0 aliphatic heterocycles. The maximum absolute atomic E-state index is 4.12. The van der Waals surface area contributed by atoms with Gasteiger partial charge in [0.1, 0.15) is 6.04 Å². The second-order valence-electron chi connectivity index (χ2n) is 10.2. The molecular formula is C26H46ClN. The van der Waals surface area contributed by atoms with Gasteiger partial charge < -0.3 is 16.9 Å². The van der Waals surface area contributed by atoms with Crippen molar-refractivity contribution in [2.24, 2.45) is 5.41 Å². The van der Waals surface area contributed by atoms with E-state index >= 15 is 0 Å². The predicted molar refractivity (Wildman–Crippen MR) is 122 cm³/mol. The second-order valence-corrected chi connectivity index (χ2v) is 10.2. The Labute approximate surface area is 182 Å². The van der Waals surface area contributed by atoms with Crippen LogP contribution in [0.4, 0.5) is 0 Å². The second kappa shape index (κ2) is 14.2. The number of benzene rings is 1. The highest BCUT2D eigenvalue weighted by atomic mass is 35.5. The van der Waals surface area contributed by atoms with Crippen molar-refractivity contribution >= 4 is 0 Å². The van der Waals surface area contributed by atoms with Crippen molar-refractivity contribution in [3.05, 3.63) is 48.6 Å². The van der Waals surface area contributed by atoms with Crippen LogP contribution in [0.1, 0.15) is 84.1 Å². The number of hydrogen-bond donors (Lipinski definition) is 0. The molecule has 0 N–H and O–H groups in total. The molecule has 1 unspecified atom stereocenters. The van der Waals surface area contributed by atoms with Crippen molar-refractivity contribution < 1.29 is 16.9 Å². The molecule has 28 heavy (non-hydrogen) atoms. The van der Waals surface area contributed by atoms with Gasteiger partial charge in [0.05, 0.1) is 20.6 Å². The van der Waals surface area contributed by atoms with Crippen LogP contribution in [0.5, 0.6) is 0 Å². The molecule has 1 nitrogen and oxygen atoms in total. The minimum Gasteiger partial charge on any atom is -1.00 e. The predicted octanol–water partition coefficient (Wildman–Crippen LogP) is 4.42. The fourth-order valence-corrected chi connectivity index (χ4v) is 4.48. The van der Waals surface area contributed by atoms with E-state index in [1.165, 1.54) is 76.3 Å². The van der Waals surface area contributed by atoms with Gasteiger partial charge in [0.25, 0.3) is 0 Å². The molecule has 0 aliphatic carbocycles. The molecule has 2 heteroatoms. The number of aryl methyl sites for hydroxylation is 1. The van der Waals surface area contributed by atoms with Gasteiger partial charge in [-0.2, -0.15) is 0 Å². The normalized spacial score (nSPS) is 13.0. The van der Waals surface area contributed by atoms with E-state index in [1.807, 2.05) is 0 Å². The summed E-state index contributed by atoms with van der Waals surface area (Å²) in [6.45, 7) is 12.3. The fourth-order valence-electron chi connectivity index (χ4n) is 4.48. The van der Waals surface area contributed by atoms with E-state index < -0.39 is 0 Å². The van der Waals surface area contributed by atoms with Gasteiger partial charge in [0.2, 0.25) is 0 Å². The number of quaternary nitrogens is 1. The molecule has 0 fully saturated rings. The third-order valence-corrected chi connectivity index (χ3v) is 5.61. The average Bonchev–Trinajstić information content (AvgIpc) is 2.58. The third kappa shape index (κ3) is 12.6. The Morgan fingerprint density at radius 3 is 1.86 bits per heavy atom. The largest absolute Gasteiger partial charge is 1.00 e. The van der Waals surface area contributed by atoms with Crippen LogP contribution in [0, 0.1) is 5.41 Å². The molecule has 1 aromatic rings. The zero-order chi connectivity index (χ0) is 20.2. The number of hydrogen-bond acceptors (Lipinski definition) is 0. The first-order chi connectivity index (χ1) is 12.7. The van der Waals surface area contributed by atoms with E-state index in [2.05, 4.69) is 77.9 Å². The summed E-state index contributed by atoms with van der Waals surface area (Å²) in [6.07, 6.45) is 15.8. The van der Waals surface area contributed by atoms with Crippen LogP contribution in [-0.4, -0.2) is 31.2 Å². The molecule has 0 radical (unpaired) electrons. The monoisotopic (exact) mass is 407 g/mol. The smallest absolute Gasteiger partial charge is 0.107 e. The summed E-state index contributed by atoms with van der Waals surface area (Å²) in [6, 6.07) is 11.5. The Hall–Kier alpha value is -0.790. The standard InChI is InChI=1S/C26H46N.ClH/c1-7-25(27(5,6)23-26(2,3)4)22-18-13-11-9-8-10-12-15-19-24-20-16-14-17-21-24;/h7,14,16-17,20-21,25H,1,8-13,15,18-19,22-23H2,2-6H3;1H/q+1;/p-1. The van der Waals surface area contributed by atoms with Crippen molar-refractivity contribution in [2.45, 2.75) is 91.0 Å². The van der Waals surface area contributed by atoms with Crippen molar-refractivity contribution in [2.75, 3.05) is 20.6 Å². The van der Waals surface area contributed by atoms with E-state index in [0.29, 0.717) is 11.5 Å². The van der Waals surface area contributed by atoms with Crippen LogP contribution >= 0.6 is 0 Å². The van der Waals surface area contributed by atoms with Gasteiger partial charge in [-0.3, -0.25) is 0 Å². The molecule has 1 aromatic carbocycles. The minimum absolute atomic E-state index is 0. The highest BCUT2D eigenvalue weighted by Crippen LogP contribution is 2.24. The molecule has 0 heterocycles. The number of unbranched alkanes of at least 4 members (excludes halogenated alkanes) is 7. The SMILES string of the molecule is C=CC(CCCCCCCCCCc1ccccc1)[N+](C)(C)CC(C)(C)C.[Cl-]. The van der Waals surface area contributed by atoms with Gasteiger partial charge in [-0.25, -0.2) is 0 Å². The van der Waals surface area contributed by atoms with Gasteiger partial charge in [-0.1, -0.05) is 96.2 Å². The third-order valence-electron chi connectivity index (χ3n) is 5.61. The summed E-state index contributed by atoms with van der Waals surface area (Å²) in [5.41, 5.74) is 1.85. The topological polar surface area (TPSA) is 0 Å². The zero-order valence-corrected chi connectivity index (χ0v) is 20.1. The molecule has 1 atom stereocenters. The molecule has 0 saturated carbocycles. The summed E-state index contributed by atoms with van der Waals surface area (Å²) in [5.74, 6) is 0. The molecule has 0 spiro atoms. The summed E-state index contributed by atoms with van der Waals surface area (Å²) in [4.78, 5) is 0. The lowest BCUT2D eigenvalue weighted by molar-refractivity contribution is -0.914. The van der Waals surface area contributed by atoms with E-state index in [9.17, 15) is 0 Å². The van der Waals surface area contributed by atoms with E-state index in [1.54, 1.807) is 0 Å². The van der Waals surface area contributed by atoms with Crippen molar-refractivity contribution in [1.82, 2.24) is 0 Å². The highest BCUT2D eigenvalue weighted by molar-refractivity contribution is 5.14. The van der Waals surface area contributed by atoms with E-state index in [-0.39, 0.29) is 12.4 Å². The molecule has 0 saturated heterocycles. The molecule has 0 amide bonds. The van der Waals surface area contributed by atoms with Crippen LogP contribution in [0.15, 0.2) is 43.0 Å². The summed E-state index contributed by atoms with van der Waals surface area (Å²) < 4.78 is 1.06. The Morgan fingerprint density at radius 2 is 1.36 bits per heavy atom. The van der Waals surface area contributed by atoms with Crippen LogP contribution in [0.25, 0.3) is 0 Å². The Kier molecular flexibility index (Phi) is 13.8. The van der Waals surface area contributed by atoms with E-state index in [0.717, 1.165) is 4.48 Å². The molecule has 0 aliphatic rings.